The Hall–Kier alpha value is -2.44. The van der Waals surface area contributed by atoms with Crippen LogP contribution in [0.2, 0.25) is 0 Å². The Kier molecular flexibility index (Phi) is 4.30. The number of anilines is 1. The highest BCUT2D eigenvalue weighted by Gasteiger charge is 2.35. The average Bonchev–Trinajstić information content (AvgIpc) is 3.44. The number of amides is 1. The van der Waals surface area contributed by atoms with Crippen molar-refractivity contribution < 1.29 is 14.3 Å². The highest BCUT2D eigenvalue weighted by molar-refractivity contribution is 7.22. The van der Waals surface area contributed by atoms with Crippen LogP contribution in [0.1, 0.15) is 18.4 Å². The van der Waals surface area contributed by atoms with Crippen molar-refractivity contribution in [2.45, 2.75) is 31.5 Å². The second-order valence-corrected chi connectivity index (χ2v) is 7.98. The van der Waals surface area contributed by atoms with Crippen LogP contribution in [0.4, 0.5) is 5.13 Å². The summed E-state index contributed by atoms with van der Waals surface area (Å²) in [6.45, 7) is 1.28. The lowest BCUT2D eigenvalue weighted by atomic mass is 10.1. The van der Waals surface area contributed by atoms with E-state index in [0.717, 1.165) is 46.1 Å². The summed E-state index contributed by atoms with van der Waals surface area (Å²) in [7, 11) is 0. The van der Waals surface area contributed by atoms with Crippen LogP contribution in [0.5, 0.6) is 5.75 Å². The molecule has 1 amide bonds. The van der Waals surface area contributed by atoms with E-state index in [0.29, 0.717) is 13.0 Å². The number of fused-ring (bicyclic) bond motifs is 2. The zero-order chi connectivity index (χ0) is 18.2. The minimum Gasteiger partial charge on any atom is -0.480 e. The number of carbonyl (C=O) groups is 1. The van der Waals surface area contributed by atoms with Gasteiger partial charge in [-0.05, 0) is 36.6 Å². The van der Waals surface area contributed by atoms with Gasteiger partial charge in [0.25, 0.3) is 5.91 Å². The Morgan fingerprint density at radius 3 is 2.85 bits per heavy atom. The summed E-state index contributed by atoms with van der Waals surface area (Å²) < 4.78 is 12.8. The van der Waals surface area contributed by atoms with Crippen LogP contribution in [0.25, 0.3) is 10.2 Å². The molecule has 0 N–H and O–H groups in total. The molecule has 5 rings (SSSR count). The van der Waals surface area contributed by atoms with Crippen molar-refractivity contribution in [2.75, 3.05) is 18.1 Å². The Bertz CT molecular complexity index is 922. The molecule has 6 heteroatoms. The molecule has 27 heavy (non-hydrogen) atoms. The monoisotopic (exact) mass is 380 g/mol. The molecule has 2 aromatic carbocycles. The predicted molar refractivity (Wildman–Crippen MR) is 106 cm³/mol. The molecule has 0 saturated carbocycles. The number of carbonyl (C=O) groups excluding carboxylic acids is 1. The maximum absolute atomic E-state index is 13.4. The number of thiazole rings is 1. The summed E-state index contributed by atoms with van der Waals surface area (Å²) in [5.41, 5.74) is 2.00. The maximum atomic E-state index is 13.4. The van der Waals surface area contributed by atoms with Gasteiger partial charge in [0.1, 0.15) is 5.75 Å². The van der Waals surface area contributed by atoms with Crippen LogP contribution in [-0.2, 0) is 16.0 Å². The summed E-state index contributed by atoms with van der Waals surface area (Å²) in [5, 5.41) is 0.719. The Balaban J connectivity index is 1.45. The van der Waals surface area contributed by atoms with Crippen LogP contribution in [0, 0.1) is 0 Å². The first-order chi connectivity index (χ1) is 13.3. The highest BCUT2D eigenvalue weighted by Crippen LogP contribution is 2.33. The molecule has 138 valence electrons. The van der Waals surface area contributed by atoms with Gasteiger partial charge >= 0.3 is 0 Å². The third-order valence-electron chi connectivity index (χ3n) is 5.11. The van der Waals surface area contributed by atoms with E-state index in [1.807, 2.05) is 48.5 Å². The molecule has 2 aliphatic rings. The summed E-state index contributed by atoms with van der Waals surface area (Å²) in [4.78, 5) is 19.9. The first-order valence-electron chi connectivity index (χ1n) is 9.31. The van der Waals surface area contributed by atoms with E-state index in [9.17, 15) is 4.79 Å². The third-order valence-corrected chi connectivity index (χ3v) is 6.17. The van der Waals surface area contributed by atoms with Gasteiger partial charge in [-0.2, -0.15) is 0 Å². The lowest BCUT2D eigenvalue weighted by Gasteiger charge is -2.25. The Labute approximate surface area is 161 Å². The molecule has 1 aromatic heterocycles. The van der Waals surface area contributed by atoms with Crippen molar-refractivity contribution in [3.63, 3.8) is 0 Å². The van der Waals surface area contributed by atoms with Gasteiger partial charge in [-0.3, -0.25) is 9.69 Å². The fourth-order valence-electron chi connectivity index (χ4n) is 3.72. The van der Waals surface area contributed by atoms with Crippen LogP contribution in [-0.4, -0.2) is 36.3 Å². The van der Waals surface area contributed by atoms with Crippen molar-refractivity contribution >= 4 is 32.6 Å². The number of para-hydroxylation sites is 2. The molecular formula is C21H20N2O3S. The largest absolute Gasteiger partial charge is 0.480 e. The molecule has 2 unspecified atom stereocenters. The van der Waals surface area contributed by atoms with Gasteiger partial charge in [0.15, 0.2) is 11.2 Å². The molecule has 0 radical (unpaired) electrons. The minimum atomic E-state index is -0.504. The highest BCUT2D eigenvalue weighted by atomic mass is 32.1. The van der Waals surface area contributed by atoms with Crippen molar-refractivity contribution in [2.24, 2.45) is 0 Å². The standard InChI is InChI=1S/C21H20N2O3S/c24-20(18-12-14-6-1-3-9-17(14)26-18)23(13-15-7-5-11-25-15)21-22-16-8-2-4-10-19(16)27-21/h1-4,6,8-10,15,18H,5,7,11-13H2. The Morgan fingerprint density at radius 1 is 1.19 bits per heavy atom. The van der Waals surface area contributed by atoms with E-state index in [1.54, 1.807) is 16.2 Å². The van der Waals surface area contributed by atoms with Crippen molar-refractivity contribution in [1.82, 2.24) is 4.98 Å². The average molecular weight is 380 g/mol. The SMILES string of the molecule is O=C(C1Cc2ccccc2O1)N(CC1CCCO1)c1nc2ccccc2s1. The number of aromatic nitrogens is 1. The molecule has 0 aliphatic carbocycles. The number of benzene rings is 2. The zero-order valence-corrected chi connectivity index (χ0v) is 15.7. The van der Waals surface area contributed by atoms with Gasteiger partial charge in [-0.15, -0.1) is 0 Å². The summed E-state index contributed by atoms with van der Waals surface area (Å²) in [6.07, 6.45) is 2.17. The first-order valence-corrected chi connectivity index (χ1v) is 10.1. The van der Waals surface area contributed by atoms with Gasteiger partial charge < -0.3 is 9.47 Å². The number of rotatable bonds is 4. The van der Waals surface area contributed by atoms with E-state index < -0.39 is 6.10 Å². The quantitative estimate of drug-likeness (QED) is 0.691. The molecule has 1 saturated heterocycles. The van der Waals surface area contributed by atoms with Crippen molar-refractivity contribution in [1.29, 1.82) is 0 Å². The predicted octanol–water partition coefficient (Wildman–Crippen LogP) is 3.81. The lowest BCUT2D eigenvalue weighted by Crippen LogP contribution is -2.45. The summed E-state index contributed by atoms with van der Waals surface area (Å²) in [6, 6.07) is 15.8. The van der Waals surface area contributed by atoms with Gasteiger partial charge in [-0.25, -0.2) is 4.98 Å². The van der Waals surface area contributed by atoms with Crippen LogP contribution in [0.15, 0.2) is 48.5 Å². The zero-order valence-electron chi connectivity index (χ0n) is 14.8. The molecule has 0 bridgehead atoms. The Morgan fingerprint density at radius 2 is 2.04 bits per heavy atom. The van der Waals surface area contributed by atoms with E-state index in [2.05, 4.69) is 0 Å². The summed E-state index contributed by atoms with van der Waals surface area (Å²) in [5.74, 6) is 0.762. The number of hydrogen-bond donors (Lipinski definition) is 0. The van der Waals surface area contributed by atoms with Crippen LogP contribution >= 0.6 is 11.3 Å². The van der Waals surface area contributed by atoms with Crippen LogP contribution in [0.3, 0.4) is 0 Å². The lowest BCUT2D eigenvalue weighted by molar-refractivity contribution is -0.125. The van der Waals surface area contributed by atoms with Gasteiger partial charge in [0.05, 0.1) is 22.9 Å². The van der Waals surface area contributed by atoms with Gasteiger partial charge in [0, 0.05) is 13.0 Å². The topological polar surface area (TPSA) is 51.7 Å². The van der Waals surface area contributed by atoms with Crippen LogP contribution < -0.4 is 9.64 Å². The summed E-state index contributed by atoms with van der Waals surface area (Å²) >= 11 is 1.54. The van der Waals surface area contributed by atoms with E-state index >= 15 is 0 Å². The van der Waals surface area contributed by atoms with E-state index in [4.69, 9.17) is 14.5 Å². The van der Waals surface area contributed by atoms with E-state index in [-0.39, 0.29) is 12.0 Å². The maximum Gasteiger partial charge on any atom is 0.270 e. The minimum absolute atomic E-state index is 0.0410. The van der Waals surface area contributed by atoms with Gasteiger partial charge in [0.2, 0.25) is 0 Å². The number of nitrogens with zero attached hydrogens (tertiary/aromatic N) is 2. The molecular weight excluding hydrogens is 360 g/mol. The third kappa shape index (κ3) is 3.19. The van der Waals surface area contributed by atoms with Crippen molar-refractivity contribution in [3.05, 3.63) is 54.1 Å². The number of ether oxygens (including phenoxy) is 2. The fourth-order valence-corrected chi connectivity index (χ4v) is 4.70. The smallest absolute Gasteiger partial charge is 0.270 e. The molecule has 3 aromatic rings. The van der Waals surface area contributed by atoms with Gasteiger partial charge in [-0.1, -0.05) is 41.7 Å². The molecule has 3 heterocycles. The van der Waals surface area contributed by atoms with Crippen molar-refractivity contribution in [3.8, 4) is 5.75 Å². The second-order valence-electron chi connectivity index (χ2n) is 6.97. The molecule has 5 nitrogen and oxygen atoms in total. The van der Waals surface area contributed by atoms with E-state index in [1.165, 1.54) is 0 Å². The molecule has 1 fully saturated rings. The number of hydrogen-bond acceptors (Lipinski definition) is 5. The normalized spacial score (nSPS) is 21.2. The molecule has 2 atom stereocenters. The first kappa shape index (κ1) is 16.7. The second kappa shape index (κ2) is 6.94. The molecule has 0 spiro atoms. The fraction of sp³-hybridized carbons (Fsp3) is 0.333. The molecule has 2 aliphatic heterocycles.